The van der Waals surface area contributed by atoms with Crippen molar-refractivity contribution in [1.29, 1.82) is 0 Å². The topological polar surface area (TPSA) is 49.3 Å². The highest BCUT2D eigenvalue weighted by Gasteiger charge is 1.96. The Kier molecular flexibility index (Phi) is 18.4. The zero-order chi connectivity index (χ0) is 21.5. The van der Waals surface area contributed by atoms with Gasteiger partial charge in [0.1, 0.15) is 0 Å². The highest BCUT2D eigenvalue weighted by molar-refractivity contribution is 7.80. The summed E-state index contributed by atoms with van der Waals surface area (Å²) in [7, 11) is 0. The van der Waals surface area contributed by atoms with E-state index in [1.165, 1.54) is 96.3 Å². The van der Waals surface area contributed by atoms with Crippen LogP contribution < -0.4 is 10.7 Å². The Morgan fingerprint density at radius 2 is 1.27 bits per heavy atom. The number of thiocarbonyl (C=S) groups is 1. The molecule has 0 bridgehead atoms. The van der Waals surface area contributed by atoms with E-state index in [0.29, 0.717) is 5.11 Å². The summed E-state index contributed by atoms with van der Waals surface area (Å²) < 4.78 is 0. The number of hydrogen-bond donors (Lipinski definition) is 2. The molecule has 0 aromatic carbocycles. The van der Waals surface area contributed by atoms with Gasteiger partial charge in [0.25, 0.3) is 0 Å². The maximum Gasteiger partial charge on any atom is 0.186 e. The molecule has 0 aliphatic heterocycles. The van der Waals surface area contributed by atoms with Gasteiger partial charge in [0.15, 0.2) is 5.11 Å². The highest BCUT2D eigenvalue weighted by atomic mass is 32.1. The molecule has 1 aromatic heterocycles. The maximum atomic E-state index is 5.23. The van der Waals surface area contributed by atoms with Gasteiger partial charge in [-0.1, -0.05) is 103 Å². The smallest absolute Gasteiger partial charge is 0.186 e. The van der Waals surface area contributed by atoms with Gasteiger partial charge in [-0.3, -0.25) is 10.4 Å². The fraction of sp³-hybridized carbons (Fsp3) is 0.720. The number of hydrazone groups is 1. The first-order valence-electron chi connectivity index (χ1n) is 12.3. The standard InChI is InChI=1S/C25H44N4S/c1-2-3-4-5-6-7-8-9-10-11-12-13-14-15-16-17-20-27-25(30)29-28-23-24-18-21-26-22-19-24/h18-19,21-23H,2-17,20H2,1H3,(H2,27,29,30)/b28-23+. The van der Waals surface area contributed by atoms with E-state index in [9.17, 15) is 0 Å². The monoisotopic (exact) mass is 432 g/mol. The van der Waals surface area contributed by atoms with Gasteiger partial charge in [0, 0.05) is 18.9 Å². The van der Waals surface area contributed by atoms with Crippen molar-refractivity contribution in [2.24, 2.45) is 5.10 Å². The molecule has 0 aliphatic rings. The average molecular weight is 433 g/mol. The van der Waals surface area contributed by atoms with Crippen LogP contribution in [0.2, 0.25) is 0 Å². The highest BCUT2D eigenvalue weighted by Crippen LogP contribution is 2.13. The molecule has 0 saturated carbocycles. The second kappa shape index (κ2) is 20.8. The molecule has 2 N–H and O–H groups in total. The molecule has 0 unspecified atom stereocenters. The van der Waals surface area contributed by atoms with Gasteiger partial charge in [-0.2, -0.15) is 5.10 Å². The number of unbranched alkanes of at least 4 members (excludes halogenated alkanes) is 15. The molecule has 1 heterocycles. The van der Waals surface area contributed by atoms with Crippen molar-refractivity contribution in [3.63, 3.8) is 0 Å². The summed E-state index contributed by atoms with van der Waals surface area (Å²) in [5.41, 5.74) is 3.85. The maximum absolute atomic E-state index is 5.23. The fourth-order valence-electron chi connectivity index (χ4n) is 3.53. The van der Waals surface area contributed by atoms with Crippen LogP contribution in [0.3, 0.4) is 0 Å². The van der Waals surface area contributed by atoms with Crippen molar-refractivity contribution in [2.45, 2.75) is 110 Å². The summed E-state index contributed by atoms with van der Waals surface area (Å²) in [5.74, 6) is 0. The summed E-state index contributed by atoms with van der Waals surface area (Å²) >= 11 is 5.23. The van der Waals surface area contributed by atoms with Crippen LogP contribution in [-0.4, -0.2) is 22.9 Å². The fourth-order valence-corrected chi connectivity index (χ4v) is 3.68. The van der Waals surface area contributed by atoms with Gasteiger partial charge in [-0.05, 0) is 36.3 Å². The van der Waals surface area contributed by atoms with Crippen molar-refractivity contribution >= 4 is 23.5 Å². The third-order valence-corrected chi connectivity index (χ3v) is 5.64. The van der Waals surface area contributed by atoms with Crippen LogP contribution >= 0.6 is 12.2 Å². The molecule has 0 radical (unpaired) electrons. The predicted molar refractivity (Wildman–Crippen MR) is 135 cm³/mol. The molecule has 0 saturated heterocycles. The second-order valence-corrected chi connectivity index (χ2v) is 8.62. The molecule has 0 amide bonds. The van der Waals surface area contributed by atoms with Gasteiger partial charge in [0.05, 0.1) is 6.21 Å². The van der Waals surface area contributed by atoms with E-state index in [-0.39, 0.29) is 0 Å². The van der Waals surface area contributed by atoms with Crippen LogP contribution in [-0.2, 0) is 0 Å². The third kappa shape index (κ3) is 17.4. The summed E-state index contributed by atoms with van der Waals surface area (Å²) in [5, 5.41) is 7.93. The number of hydrogen-bond acceptors (Lipinski definition) is 3. The quantitative estimate of drug-likeness (QED) is 0.106. The van der Waals surface area contributed by atoms with Crippen LogP contribution in [0.1, 0.15) is 115 Å². The number of rotatable bonds is 19. The van der Waals surface area contributed by atoms with E-state index < -0.39 is 0 Å². The zero-order valence-electron chi connectivity index (χ0n) is 19.2. The summed E-state index contributed by atoms with van der Waals surface area (Å²) in [6.07, 6.45) is 27.5. The van der Waals surface area contributed by atoms with Crippen LogP contribution in [0, 0.1) is 0 Å². The van der Waals surface area contributed by atoms with Gasteiger partial charge >= 0.3 is 0 Å². The molecule has 0 spiro atoms. The predicted octanol–water partition coefficient (Wildman–Crippen LogP) is 7.14. The first kappa shape index (κ1) is 26.5. The Hall–Kier alpha value is -1.49. The minimum atomic E-state index is 0.585. The summed E-state index contributed by atoms with van der Waals surface area (Å²) in [6, 6.07) is 3.80. The van der Waals surface area contributed by atoms with Gasteiger partial charge in [-0.15, -0.1) is 0 Å². The van der Waals surface area contributed by atoms with E-state index in [0.717, 1.165) is 18.5 Å². The van der Waals surface area contributed by atoms with Crippen LogP contribution in [0.5, 0.6) is 0 Å². The molecule has 1 rings (SSSR count). The van der Waals surface area contributed by atoms with Crippen molar-refractivity contribution in [3.8, 4) is 0 Å². The Labute approximate surface area is 190 Å². The van der Waals surface area contributed by atoms with E-state index in [1.807, 2.05) is 12.1 Å². The lowest BCUT2D eigenvalue weighted by Gasteiger charge is -2.07. The van der Waals surface area contributed by atoms with Crippen LogP contribution in [0.4, 0.5) is 0 Å². The number of nitrogens with one attached hydrogen (secondary N) is 2. The largest absolute Gasteiger partial charge is 0.361 e. The molecule has 0 aliphatic carbocycles. The Morgan fingerprint density at radius 1 is 0.800 bits per heavy atom. The molecule has 5 heteroatoms. The molecule has 1 aromatic rings. The SMILES string of the molecule is CCCCCCCCCCCCCCCCCCNC(=S)N/N=C/c1ccncc1. The van der Waals surface area contributed by atoms with Crippen molar-refractivity contribution < 1.29 is 0 Å². The Morgan fingerprint density at radius 3 is 1.77 bits per heavy atom. The number of pyridine rings is 1. The van der Waals surface area contributed by atoms with E-state index in [4.69, 9.17) is 12.2 Å². The second-order valence-electron chi connectivity index (χ2n) is 8.21. The van der Waals surface area contributed by atoms with Crippen molar-refractivity contribution in [2.75, 3.05) is 6.54 Å². The Balaban J connectivity index is 1.77. The lowest BCUT2D eigenvalue weighted by molar-refractivity contribution is 0.529. The van der Waals surface area contributed by atoms with Crippen LogP contribution in [0.25, 0.3) is 0 Å². The normalized spacial score (nSPS) is 11.1. The molecular formula is C25H44N4S. The minimum absolute atomic E-state index is 0.585. The minimum Gasteiger partial charge on any atom is -0.361 e. The lowest BCUT2D eigenvalue weighted by Crippen LogP contribution is -2.32. The summed E-state index contributed by atoms with van der Waals surface area (Å²) in [4.78, 5) is 3.98. The van der Waals surface area contributed by atoms with E-state index in [1.54, 1.807) is 18.6 Å². The molecule has 170 valence electrons. The van der Waals surface area contributed by atoms with Crippen LogP contribution in [0.15, 0.2) is 29.6 Å². The molecule has 0 fully saturated rings. The third-order valence-electron chi connectivity index (χ3n) is 5.40. The first-order valence-corrected chi connectivity index (χ1v) is 12.7. The number of nitrogens with zero attached hydrogens (tertiary/aromatic N) is 2. The van der Waals surface area contributed by atoms with Gasteiger partial charge in [-0.25, -0.2) is 0 Å². The molecule has 30 heavy (non-hydrogen) atoms. The van der Waals surface area contributed by atoms with Gasteiger partial charge in [0.2, 0.25) is 0 Å². The van der Waals surface area contributed by atoms with Crippen molar-refractivity contribution in [1.82, 2.24) is 15.7 Å². The van der Waals surface area contributed by atoms with Gasteiger partial charge < -0.3 is 5.32 Å². The zero-order valence-corrected chi connectivity index (χ0v) is 20.0. The Bertz CT molecular complexity index is 533. The van der Waals surface area contributed by atoms with Crippen molar-refractivity contribution in [3.05, 3.63) is 30.1 Å². The number of aromatic nitrogens is 1. The lowest BCUT2D eigenvalue weighted by atomic mass is 10.0. The van der Waals surface area contributed by atoms with E-state index >= 15 is 0 Å². The first-order chi connectivity index (χ1) is 14.8. The van der Waals surface area contributed by atoms with E-state index in [2.05, 4.69) is 27.8 Å². The summed E-state index contributed by atoms with van der Waals surface area (Å²) in [6.45, 7) is 3.20. The molecule has 4 nitrogen and oxygen atoms in total. The molecular weight excluding hydrogens is 388 g/mol. The average Bonchev–Trinajstić information content (AvgIpc) is 2.76. The molecule has 0 atom stereocenters.